The molecular weight excluding hydrogens is 382 g/mol. The van der Waals surface area contributed by atoms with E-state index in [1.54, 1.807) is 38.1 Å². The van der Waals surface area contributed by atoms with Crippen molar-refractivity contribution in [3.63, 3.8) is 0 Å². The summed E-state index contributed by atoms with van der Waals surface area (Å²) in [7, 11) is 0. The van der Waals surface area contributed by atoms with Crippen LogP contribution in [0.1, 0.15) is 49.9 Å². The van der Waals surface area contributed by atoms with E-state index in [0.717, 1.165) is 12.8 Å². The molecule has 7 nitrogen and oxygen atoms in total. The van der Waals surface area contributed by atoms with Crippen LogP contribution in [0.2, 0.25) is 5.02 Å². The molecule has 2 rings (SSSR count). The fourth-order valence-corrected chi connectivity index (χ4v) is 3.36. The molecule has 2 amide bonds. The number of nitrogens with one attached hydrogen (secondary N) is 2. The molecule has 1 aromatic carbocycles. The maximum atomic E-state index is 12.4. The van der Waals surface area contributed by atoms with E-state index in [2.05, 4.69) is 16.7 Å². The summed E-state index contributed by atoms with van der Waals surface area (Å²) in [5.74, 6) is -2.01. The van der Waals surface area contributed by atoms with Crippen molar-refractivity contribution in [1.29, 1.82) is 5.26 Å². The quantitative estimate of drug-likeness (QED) is 0.678. The van der Waals surface area contributed by atoms with E-state index in [4.69, 9.17) is 16.3 Å². The first-order valence-electron chi connectivity index (χ1n) is 9.22. The van der Waals surface area contributed by atoms with Gasteiger partial charge in [0.1, 0.15) is 11.6 Å². The molecule has 1 fully saturated rings. The van der Waals surface area contributed by atoms with Crippen LogP contribution in [-0.2, 0) is 14.3 Å². The molecular formula is C20H24ClN3O4. The van der Waals surface area contributed by atoms with Crippen LogP contribution in [0.15, 0.2) is 24.3 Å². The Balaban J connectivity index is 1.94. The van der Waals surface area contributed by atoms with Gasteiger partial charge < -0.3 is 15.4 Å². The smallest absolute Gasteiger partial charge is 0.329 e. The molecule has 1 saturated carbocycles. The van der Waals surface area contributed by atoms with Gasteiger partial charge in [-0.25, -0.2) is 4.79 Å². The number of halogens is 1. The molecule has 0 heterocycles. The molecule has 0 aromatic heterocycles. The maximum Gasteiger partial charge on any atom is 0.329 e. The van der Waals surface area contributed by atoms with Gasteiger partial charge in [0, 0.05) is 0 Å². The van der Waals surface area contributed by atoms with Gasteiger partial charge in [-0.05, 0) is 43.7 Å². The van der Waals surface area contributed by atoms with Crippen LogP contribution >= 0.6 is 11.6 Å². The van der Waals surface area contributed by atoms with Gasteiger partial charge in [-0.1, -0.05) is 37.6 Å². The second kappa shape index (κ2) is 9.56. The molecule has 1 aliphatic rings. The molecule has 28 heavy (non-hydrogen) atoms. The zero-order valence-electron chi connectivity index (χ0n) is 16.0. The summed E-state index contributed by atoms with van der Waals surface area (Å²) < 4.78 is 5.09. The molecule has 8 heteroatoms. The average Bonchev–Trinajstić information content (AvgIpc) is 3.13. The number of rotatable bonds is 7. The third-order valence-corrected chi connectivity index (χ3v) is 5.05. The first-order valence-corrected chi connectivity index (χ1v) is 9.60. The van der Waals surface area contributed by atoms with Crippen LogP contribution in [0.25, 0.3) is 0 Å². The summed E-state index contributed by atoms with van der Waals surface area (Å²) in [5, 5.41) is 14.8. The number of esters is 1. The van der Waals surface area contributed by atoms with Crippen LogP contribution < -0.4 is 10.6 Å². The fraction of sp³-hybridized carbons (Fsp3) is 0.500. The largest absolute Gasteiger partial charge is 0.454 e. The molecule has 0 spiro atoms. The van der Waals surface area contributed by atoms with Crippen LogP contribution in [0.4, 0.5) is 0 Å². The van der Waals surface area contributed by atoms with E-state index >= 15 is 0 Å². The SMILES string of the molecule is CC(C)[C@H](NC(=O)c1ccccc1Cl)C(=O)OCC(=O)NC1(C#N)CCCC1. The van der Waals surface area contributed by atoms with Gasteiger partial charge in [0.05, 0.1) is 16.7 Å². The van der Waals surface area contributed by atoms with Crippen molar-refractivity contribution in [3.05, 3.63) is 34.9 Å². The Morgan fingerprint density at radius 1 is 1.25 bits per heavy atom. The zero-order chi connectivity index (χ0) is 20.7. The third kappa shape index (κ3) is 5.46. The molecule has 2 N–H and O–H groups in total. The minimum Gasteiger partial charge on any atom is -0.454 e. The normalized spacial score (nSPS) is 16.1. The van der Waals surface area contributed by atoms with Crippen molar-refractivity contribution < 1.29 is 19.1 Å². The highest BCUT2D eigenvalue weighted by molar-refractivity contribution is 6.33. The summed E-state index contributed by atoms with van der Waals surface area (Å²) in [6, 6.07) is 7.71. The van der Waals surface area contributed by atoms with Gasteiger partial charge in [0.15, 0.2) is 6.61 Å². The monoisotopic (exact) mass is 405 g/mol. The number of nitriles is 1. The number of hydrogen-bond acceptors (Lipinski definition) is 5. The van der Waals surface area contributed by atoms with Crippen LogP contribution in [0.5, 0.6) is 0 Å². The van der Waals surface area contributed by atoms with Gasteiger partial charge in [-0.3, -0.25) is 9.59 Å². The minimum absolute atomic E-state index is 0.248. The molecule has 0 bridgehead atoms. The van der Waals surface area contributed by atoms with Crippen LogP contribution in [-0.4, -0.2) is 36.0 Å². The Morgan fingerprint density at radius 2 is 1.89 bits per heavy atom. The second-order valence-electron chi connectivity index (χ2n) is 7.23. The van der Waals surface area contributed by atoms with Crippen LogP contribution in [0, 0.1) is 17.2 Å². The topological polar surface area (TPSA) is 108 Å². The lowest BCUT2D eigenvalue weighted by Gasteiger charge is -2.23. The summed E-state index contributed by atoms with van der Waals surface area (Å²) in [4.78, 5) is 36.9. The number of benzene rings is 1. The van der Waals surface area contributed by atoms with Crippen molar-refractivity contribution in [3.8, 4) is 6.07 Å². The molecule has 1 atom stereocenters. The van der Waals surface area contributed by atoms with Crippen LogP contribution in [0.3, 0.4) is 0 Å². The Bertz CT molecular complexity index is 782. The van der Waals surface area contributed by atoms with Gasteiger partial charge >= 0.3 is 5.97 Å². The Kier molecular flexibility index (Phi) is 7.41. The Labute approximate surface area is 169 Å². The third-order valence-electron chi connectivity index (χ3n) is 4.72. The molecule has 0 saturated heterocycles. The summed E-state index contributed by atoms with van der Waals surface area (Å²) >= 11 is 6.02. The minimum atomic E-state index is -0.937. The highest BCUT2D eigenvalue weighted by Gasteiger charge is 2.36. The number of carbonyl (C=O) groups is 3. The highest BCUT2D eigenvalue weighted by atomic mass is 35.5. The Morgan fingerprint density at radius 3 is 2.46 bits per heavy atom. The number of nitrogens with zero attached hydrogens (tertiary/aromatic N) is 1. The lowest BCUT2D eigenvalue weighted by Crippen LogP contribution is -2.49. The van der Waals surface area contributed by atoms with Crippen molar-refractivity contribution in [1.82, 2.24) is 10.6 Å². The van der Waals surface area contributed by atoms with E-state index in [1.807, 2.05) is 0 Å². The van der Waals surface area contributed by atoms with Crippen molar-refractivity contribution in [2.45, 2.75) is 51.1 Å². The van der Waals surface area contributed by atoms with Gasteiger partial charge in [-0.2, -0.15) is 5.26 Å². The predicted octanol–water partition coefficient (Wildman–Crippen LogP) is 2.59. The maximum absolute atomic E-state index is 12.4. The van der Waals surface area contributed by atoms with Crippen molar-refractivity contribution in [2.24, 2.45) is 5.92 Å². The second-order valence-corrected chi connectivity index (χ2v) is 7.64. The fourth-order valence-electron chi connectivity index (χ4n) is 3.13. The van der Waals surface area contributed by atoms with E-state index in [1.165, 1.54) is 0 Å². The molecule has 1 aliphatic carbocycles. The van der Waals surface area contributed by atoms with Gasteiger partial charge in [0.2, 0.25) is 0 Å². The summed E-state index contributed by atoms with van der Waals surface area (Å²) in [6.45, 7) is 3.00. The molecule has 0 aliphatic heterocycles. The van der Waals surface area contributed by atoms with Gasteiger partial charge in [0.25, 0.3) is 11.8 Å². The summed E-state index contributed by atoms with van der Waals surface area (Å²) in [6.07, 6.45) is 2.92. The lowest BCUT2D eigenvalue weighted by atomic mass is 10.00. The van der Waals surface area contributed by atoms with E-state index in [-0.39, 0.29) is 16.5 Å². The lowest BCUT2D eigenvalue weighted by molar-refractivity contribution is -0.151. The zero-order valence-corrected chi connectivity index (χ0v) is 16.7. The van der Waals surface area contributed by atoms with Gasteiger partial charge in [-0.15, -0.1) is 0 Å². The van der Waals surface area contributed by atoms with E-state index in [0.29, 0.717) is 12.8 Å². The van der Waals surface area contributed by atoms with Crippen molar-refractivity contribution >= 4 is 29.4 Å². The average molecular weight is 406 g/mol. The van der Waals surface area contributed by atoms with Crippen molar-refractivity contribution in [2.75, 3.05) is 6.61 Å². The number of carbonyl (C=O) groups excluding carboxylic acids is 3. The standard InChI is InChI=1S/C20H24ClN3O4/c1-13(2)17(23-18(26)14-7-3-4-8-15(14)21)19(27)28-11-16(25)24-20(12-22)9-5-6-10-20/h3-4,7-8,13,17H,5-6,9-11H2,1-2H3,(H,23,26)(H,24,25)/t17-/m0/s1. The highest BCUT2D eigenvalue weighted by Crippen LogP contribution is 2.28. The Hall–Kier alpha value is -2.59. The molecule has 0 radical (unpaired) electrons. The number of amides is 2. The number of ether oxygens (including phenoxy) is 1. The summed E-state index contributed by atoms with van der Waals surface area (Å²) in [5.41, 5.74) is -0.628. The first kappa shape index (κ1) is 21.7. The molecule has 1 aromatic rings. The predicted molar refractivity (Wildman–Crippen MR) is 103 cm³/mol. The first-order chi connectivity index (χ1) is 13.3. The molecule has 0 unspecified atom stereocenters. The molecule has 150 valence electrons. The van der Waals surface area contributed by atoms with E-state index in [9.17, 15) is 19.6 Å². The van der Waals surface area contributed by atoms with E-state index < -0.39 is 36.0 Å². The number of hydrogen-bond donors (Lipinski definition) is 2.